The minimum atomic E-state index is 0.157. The monoisotopic (exact) mass is 239 g/mol. The molecule has 85 valence electrons. The number of rotatable bonds is 0. The summed E-state index contributed by atoms with van der Waals surface area (Å²) >= 11 is 4.97. The van der Waals surface area contributed by atoms with Crippen molar-refractivity contribution in [3.63, 3.8) is 0 Å². The van der Waals surface area contributed by atoms with E-state index < -0.39 is 0 Å². The Labute approximate surface area is 95.7 Å². The summed E-state index contributed by atoms with van der Waals surface area (Å²) in [5.74, 6) is 0. The molecule has 1 aliphatic rings. The maximum absolute atomic E-state index is 4.97. The molecule has 0 saturated carbocycles. The fraction of sp³-hybridized carbons (Fsp3) is 0.818. The molecule has 0 radical (unpaired) electrons. The molecular weight excluding hydrogens is 219 g/mol. The zero-order valence-electron chi connectivity index (χ0n) is 9.92. The molecule has 1 aliphatic heterocycles. The predicted octanol–water partition coefficient (Wildman–Crippen LogP) is 2.61. The van der Waals surface area contributed by atoms with Gasteiger partial charge in [0.15, 0.2) is 0 Å². The molecule has 0 fully saturated rings. The van der Waals surface area contributed by atoms with Crippen molar-refractivity contribution in [3.8, 4) is 0 Å². The number of nitrogens with zero attached hydrogens (tertiary/aromatic N) is 1. The Hall–Kier alpha value is -0.00649. The third-order valence-corrected chi connectivity index (χ3v) is 2.85. The van der Waals surface area contributed by atoms with Crippen molar-refractivity contribution in [3.05, 3.63) is 11.8 Å². The second-order valence-electron chi connectivity index (χ2n) is 6.03. The van der Waals surface area contributed by atoms with Crippen molar-refractivity contribution in [2.24, 2.45) is 10.8 Å². The molecule has 0 amide bonds. The van der Waals surface area contributed by atoms with Crippen LogP contribution < -0.4 is 5.43 Å². The summed E-state index contributed by atoms with van der Waals surface area (Å²) in [5, 5.41) is 0. The average Bonchev–Trinajstić information content (AvgIpc) is 2.27. The Morgan fingerprint density at radius 2 is 1.71 bits per heavy atom. The summed E-state index contributed by atoms with van der Waals surface area (Å²) in [6, 6.07) is 0.316. The summed E-state index contributed by atoms with van der Waals surface area (Å²) < 4.78 is 1.83. The molecule has 0 aliphatic carbocycles. The Morgan fingerprint density at radius 1 is 1.21 bits per heavy atom. The quantitative estimate of drug-likeness (QED) is 0.654. The van der Waals surface area contributed by atoms with Gasteiger partial charge in [0.2, 0.25) is 0 Å². The van der Waals surface area contributed by atoms with Crippen molar-refractivity contribution in [1.29, 1.82) is 0 Å². The predicted molar refractivity (Wildman–Crippen MR) is 55.8 cm³/mol. The molecule has 1 rings (SSSR count). The summed E-state index contributed by atoms with van der Waals surface area (Å²) in [6.45, 7) is 13.2. The molecule has 0 aromatic rings. The fourth-order valence-corrected chi connectivity index (χ4v) is 1.99. The first-order chi connectivity index (χ1) is 6.12. The van der Waals surface area contributed by atoms with Gasteiger partial charge in [0.05, 0.1) is 0 Å². The van der Waals surface area contributed by atoms with Crippen LogP contribution in [0.15, 0.2) is 11.8 Å². The Balaban J connectivity index is 2.88. The van der Waals surface area contributed by atoms with E-state index in [0.717, 1.165) is 0 Å². The Kier molecular flexibility index (Phi) is 3.05. The number of hydrogen-bond acceptors (Lipinski definition) is 2. The summed E-state index contributed by atoms with van der Waals surface area (Å²) in [5.41, 5.74) is 4.87. The topological polar surface area (TPSA) is 15.3 Å². The molecule has 14 heavy (non-hydrogen) atoms. The standard InChI is InChI=1S/C11H21N2.Ni/c1-10(2,3)8-7-9(13-12-8)11(4,5)6;/h7-8,13H,1-6H3;/q-1;+1. The van der Waals surface area contributed by atoms with E-state index in [2.05, 4.69) is 53.0 Å². The molecule has 0 spiro atoms. The van der Waals surface area contributed by atoms with Crippen LogP contribution in [0.2, 0.25) is 0 Å². The number of allylic oxidation sites excluding steroid dienone is 1. The van der Waals surface area contributed by atoms with Crippen LogP contribution in [-0.4, -0.2) is 10.1 Å². The molecular formula is C11H21N2Ni. The first-order valence-corrected chi connectivity index (χ1v) is 5.48. The molecule has 0 bridgehead atoms. The van der Waals surface area contributed by atoms with Crippen LogP contribution in [0.4, 0.5) is 0 Å². The van der Waals surface area contributed by atoms with Crippen LogP contribution in [0, 0.1) is 10.8 Å². The summed E-state index contributed by atoms with van der Waals surface area (Å²) in [4.78, 5) is 0. The van der Waals surface area contributed by atoms with Gasteiger partial charge in [-0.1, -0.05) is 0 Å². The Morgan fingerprint density at radius 3 is 1.93 bits per heavy atom. The van der Waals surface area contributed by atoms with Gasteiger partial charge < -0.3 is 0 Å². The van der Waals surface area contributed by atoms with Gasteiger partial charge >= 0.3 is 95.4 Å². The van der Waals surface area contributed by atoms with Crippen molar-refractivity contribution in [2.75, 3.05) is 0 Å². The van der Waals surface area contributed by atoms with Crippen molar-refractivity contribution >= 4 is 0 Å². The average molecular weight is 240 g/mol. The molecule has 0 saturated heterocycles. The molecule has 0 aromatic carbocycles. The zero-order valence-corrected chi connectivity index (χ0v) is 10.9. The first kappa shape index (κ1) is 12.1. The van der Waals surface area contributed by atoms with Gasteiger partial charge in [-0.2, -0.15) is 0 Å². The second kappa shape index (κ2) is 3.54. The van der Waals surface area contributed by atoms with Crippen LogP contribution in [0.3, 0.4) is 0 Å². The first-order valence-electron chi connectivity index (χ1n) is 5.03. The number of nitrogens with one attached hydrogen (secondary N) is 1. The summed E-state index contributed by atoms with van der Waals surface area (Å²) in [7, 11) is 0. The third-order valence-electron chi connectivity index (χ3n) is 2.47. The SMILES string of the molecule is CC(C)(C)C1=CC(C(C)(C)C)[N]([Ni])N1. The third kappa shape index (κ3) is 2.52. The zero-order chi connectivity index (χ0) is 11.1. The second-order valence-corrected chi connectivity index (χ2v) is 6.51. The minimum absolute atomic E-state index is 0.157. The van der Waals surface area contributed by atoms with Gasteiger partial charge in [-0.3, -0.25) is 0 Å². The van der Waals surface area contributed by atoms with E-state index in [0.29, 0.717) is 6.04 Å². The van der Waals surface area contributed by atoms with E-state index >= 15 is 0 Å². The number of hydrazine groups is 1. The number of hydrogen-bond donors (Lipinski definition) is 1. The summed E-state index contributed by atoms with van der Waals surface area (Å²) in [6.07, 6.45) is 2.27. The van der Waals surface area contributed by atoms with Crippen LogP contribution >= 0.6 is 0 Å². The molecule has 0 aromatic heterocycles. The van der Waals surface area contributed by atoms with Crippen LogP contribution in [0.1, 0.15) is 41.5 Å². The van der Waals surface area contributed by atoms with Crippen LogP contribution in [0.5, 0.6) is 0 Å². The van der Waals surface area contributed by atoms with Gasteiger partial charge in [0, 0.05) is 0 Å². The van der Waals surface area contributed by atoms with Crippen molar-refractivity contribution in [2.45, 2.75) is 47.6 Å². The molecule has 1 N–H and O–H groups in total. The van der Waals surface area contributed by atoms with E-state index in [9.17, 15) is 0 Å². The van der Waals surface area contributed by atoms with Gasteiger partial charge in [-0.05, 0) is 0 Å². The van der Waals surface area contributed by atoms with E-state index in [4.69, 9.17) is 15.7 Å². The molecule has 3 heteroatoms. The van der Waals surface area contributed by atoms with Crippen LogP contribution in [0.25, 0.3) is 0 Å². The van der Waals surface area contributed by atoms with Gasteiger partial charge in [0.1, 0.15) is 0 Å². The molecule has 2 nitrogen and oxygen atoms in total. The van der Waals surface area contributed by atoms with Gasteiger partial charge in [-0.15, -0.1) is 0 Å². The van der Waals surface area contributed by atoms with E-state index in [1.165, 1.54) is 5.70 Å². The van der Waals surface area contributed by atoms with Crippen molar-refractivity contribution in [1.82, 2.24) is 9.52 Å². The maximum atomic E-state index is 4.97. The van der Waals surface area contributed by atoms with E-state index in [1.807, 2.05) is 4.09 Å². The molecule has 1 unspecified atom stereocenters. The molecule has 1 atom stereocenters. The molecule has 1 heterocycles. The fourth-order valence-electron chi connectivity index (χ4n) is 1.42. The van der Waals surface area contributed by atoms with Crippen LogP contribution in [-0.2, 0) is 15.7 Å². The van der Waals surface area contributed by atoms with Gasteiger partial charge in [-0.25, -0.2) is 0 Å². The Bertz CT molecular complexity index is 245. The van der Waals surface area contributed by atoms with E-state index in [-0.39, 0.29) is 10.8 Å². The van der Waals surface area contributed by atoms with Gasteiger partial charge in [0.25, 0.3) is 0 Å². The van der Waals surface area contributed by atoms with Crippen molar-refractivity contribution < 1.29 is 15.7 Å². The van der Waals surface area contributed by atoms with E-state index in [1.54, 1.807) is 0 Å². The normalized spacial score (nSPS) is 24.9.